The highest BCUT2D eigenvalue weighted by Crippen LogP contribution is 2.34. The highest BCUT2D eigenvalue weighted by atomic mass is 35.5. The molecule has 4 aromatic rings. The van der Waals surface area contributed by atoms with Crippen molar-refractivity contribution in [3.8, 4) is 5.75 Å². The van der Waals surface area contributed by atoms with E-state index in [1.54, 1.807) is 30.6 Å². The van der Waals surface area contributed by atoms with Gasteiger partial charge in [0.05, 0.1) is 34.4 Å². The van der Waals surface area contributed by atoms with Crippen molar-refractivity contribution in [3.05, 3.63) is 112 Å². The summed E-state index contributed by atoms with van der Waals surface area (Å²) >= 11 is 6.50. The van der Waals surface area contributed by atoms with E-state index in [9.17, 15) is 9.18 Å². The molecule has 0 saturated carbocycles. The summed E-state index contributed by atoms with van der Waals surface area (Å²) in [6.07, 6.45) is 2.44. The number of esters is 1. The van der Waals surface area contributed by atoms with Gasteiger partial charge in [-0.25, -0.2) is 14.4 Å². The number of fused-ring (bicyclic) bond motifs is 1. The largest absolute Gasteiger partial charge is 0.487 e. The second-order valence-corrected chi connectivity index (χ2v) is 11.1. The van der Waals surface area contributed by atoms with Crippen LogP contribution in [0.1, 0.15) is 23.6 Å². The molecule has 2 heterocycles. The number of aromatic nitrogens is 2. The summed E-state index contributed by atoms with van der Waals surface area (Å²) in [4.78, 5) is 21.8. The summed E-state index contributed by atoms with van der Waals surface area (Å²) < 4.78 is 26.6. The number of hydrogen-bond acceptors (Lipinski definition) is 5. The van der Waals surface area contributed by atoms with Crippen LogP contribution in [0.25, 0.3) is 0 Å². The van der Waals surface area contributed by atoms with Crippen LogP contribution >= 0.6 is 22.1 Å². The van der Waals surface area contributed by atoms with Crippen molar-refractivity contribution in [1.82, 2.24) is 9.55 Å². The van der Waals surface area contributed by atoms with Gasteiger partial charge in [-0.1, -0.05) is 54.1 Å². The number of hydrogen-bond donors (Lipinski definition) is 0. The second kappa shape index (κ2) is 12.4. The van der Waals surface area contributed by atoms with E-state index >= 15 is 0 Å². The molecule has 0 bridgehead atoms. The molecular weight excluding hydrogens is 537 g/mol. The second-order valence-electron chi connectivity index (χ2n) is 8.86. The van der Waals surface area contributed by atoms with E-state index in [1.807, 2.05) is 31.2 Å². The van der Waals surface area contributed by atoms with Gasteiger partial charge < -0.3 is 14.0 Å². The Kier molecular flexibility index (Phi) is 8.54. The Morgan fingerprint density at radius 3 is 2.69 bits per heavy atom. The zero-order valence-corrected chi connectivity index (χ0v) is 22.9. The maximum Gasteiger partial charge on any atom is 0.315 e. The van der Waals surface area contributed by atoms with Crippen molar-refractivity contribution < 1.29 is 18.7 Å². The lowest BCUT2D eigenvalue weighted by Crippen LogP contribution is -2.20. The molecule has 39 heavy (non-hydrogen) atoms. The third-order valence-corrected chi connectivity index (χ3v) is 8.44. The smallest absolute Gasteiger partial charge is 0.315 e. The zero-order valence-electron chi connectivity index (χ0n) is 21.3. The first-order valence-electron chi connectivity index (χ1n) is 12.5. The number of benzene rings is 3. The van der Waals surface area contributed by atoms with Gasteiger partial charge in [-0.3, -0.25) is 4.79 Å². The Morgan fingerprint density at radius 1 is 1.10 bits per heavy atom. The molecule has 6 nitrogen and oxygen atoms in total. The molecule has 0 saturated heterocycles. The third kappa shape index (κ3) is 6.64. The van der Waals surface area contributed by atoms with Crippen LogP contribution in [-0.4, -0.2) is 33.2 Å². The summed E-state index contributed by atoms with van der Waals surface area (Å²) in [5.41, 5.74) is 4.06. The van der Waals surface area contributed by atoms with Gasteiger partial charge in [0, 0.05) is 18.5 Å². The zero-order chi connectivity index (χ0) is 27.2. The predicted octanol–water partition coefficient (Wildman–Crippen LogP) is 6.08. The Balaban J connectivity index is 1.44. The molecule has 0 N–H and O–H groups in total. The van der Waals surface area contributed by atoms with Crippen molar-refractivity contribution in [2.45, 2.75) is 31.5 Å². The van der Waals surface area contributed by atoms with E-state index in [0.29, 0.717) is 52.8 Å². The SMILES string of the molecule is CCOC(=O)CS1=CCc2c1n(Cc1ccccc1)cnc2=Nc1ccc(OCc2cccc(F)c2)c(Cl)c1. The number of ether oxygens (including phenoxy) is 2. The minimum atomic E-state index is -0.427. The maximum atomic E-state index is 13.5. The van der Waals surface area contributed by atoms with E-state index in [-0.39, 0.29) is 18.4 Å². The van der Waals surface area contributed by atoms with Gasteiger partial charge in [0.2, 0.25) is 0 Å². The average Bonchev–Trinajstić information content (AvgIpc) is 3.34. The fourth-order valence-electron chi connectivity index (χ4n) is 4.31. The van der Waals surface area contributed by atoms with Gasteiger partial charge >= 0.3 is 5.97 Å². The van der Waals surface area contributed by atoms with Gasteiger partial charge in [-0.05, 0) is 53.7 Å². The molecule has 0 aliphatic carbocycles. The minimum absolute atomic E-state index is 0.196. The van der Waals surface area contributed by atoms with Gasteiger partial charge in [-0.15, -0.1) is 10.5 Å². The first-order chi connectivity index (χ1) is 19.0. The molecule has 1 aromatic heterocycles. The van der Waals surface area contributed by atoms with Crippen LogP contribution < -0.4 is 10.2 Å². The maximum absolute atomic E-state index is 13.5. The first-order valence-corrected chi connectivity index (χ1v) is 14.4. The van der Waals surface area contributed by atoms with E-state index in [2.05, 4.69) is 27.1 Å². The number of halogens is 2. The van der Waals surface area contributed by atoms with Gasteiger partial charge in [0.15, 0.2) is 5.49 Å². The highest BCUT2D eigenvalue weighted by molar-refractivity contribution is 8.15. The van der Waals surface area contributed by atoms with Crippen molar-refractivity contribution in [1.29, 1.82) is 0 Å². The van der Waals surface area contributed by atoms with Crippen molar-refractivity contribution in [2.75, 3.05) is 12.4 Å². The van der Waals surface area contributed by atoms with Gasteiger partial charge in [-0.2, -0.15) is 0 Å². The molecule has 1 aliphatic rings. The van der Waals surface area contributed by atoms with Crippen LogP contribution in [0.3, 0.4) is 0 Å². The summed E-state index contributed by atoms with van der Waals surface area (Å²) in [5.74, 6) is 0.248. The molecule has 0 amide bonds. The van der Waals surface area contributed by atoms with Crippen LogP contribution in [0.5, 0.6) is 5.75 Å². The first kappa shape index (κ1) is 26.8. The Hall–Kier alpha value is -3.75. The molecule has 200 valence electrons. The molecule has 0 spiro atoms. The quantitative estimate of drug-likeness (QED) is 0.140. The third-order valence-electron chi connectivity index (χ3n) is 6.05. The molecule has 5 rings (SSSR count). The summed E-state index contributed by atoms with van der Waals surface area (Å²) in [7, 11) is -0.427. The van der Waals surface area contributed by atoms with E-state index in [1.165, 1.54) is 12.1 Å². The molecule has 1 aliphatic heterocycles. The average molecular weight is 564 g/mol. The molecule has 3 aromatic carbocycles. The van der Waals surface area contributed by atoms with Crippen molar-refractivity contribution >= 4 is 39.1 Å². The number of carbonyl (C=O) groups excluding carboxylic acids is 1. The molecule has 1 atom stereocenters. The topological polar surface area (TPSA) is 65.7 Å². The Labute approximate surface area is 233 Å². The van der Waals surface area contributed by atoms with Crippen LogP contribution in [0.4, 0.5) is 10.1 Å². The van der Waals surface area contributed by atoms with E-state index < -0.39 is 10.5 Å². The molecule has 9 heteroatoms. The Morgan fingerprint density at radius 2 is 1.92 bits per heavy atom. The molecule has 0 fully saturated rings. The van der Waals surface area contributed by atoms with E-state index in [4.69, 9.17) is 26.1 Å². The van der Waals surface area contributed by atoms with Crippen LogP contribution in [-0.2, 0) is 29.1 Å². The highest BCUT2D eigenvalue weighted by Gasteiger charge is 2.22. The lowest BCUT2D eigenvalue weighted by atomic mass is 10.2. The summed E-state index contributed by atoms with van der Waals surface area (Å²) in [5, 5.41) is 3.59. The normalized spacial score (nSPS) is 14.5. The van der Waals surface area contributed by atoms with Crippen LogP contribution in [0.2, 0.25) is 5.02 Å². The molecular formula is C30H27ClFN3O3S. The standard InChI is InChI=1S/C30H27ClFN3O3S/c1-2-37-28(36)19-39-14-13-25-29(33-20-35(30(25)39)17-21-7-4-3-5-8-21)34-24-11-12-27(26(31)16-24)38-18-22-9-6-10-23(32)15-22/h3-12,14-16,20H,2,13,17-19H2,1H3. The number of carbonyl (C=O) groups is 1. The lowest BCUT2D eigenvalue weighted by Gasteiger charge is -2.16. The van der Waals surface area contributed by atoms with Gasteiger partial charge in [0.1, 0.15) is 18.2 Å². The fourth-order valence-corrected chi connectivity index (χ4v) is 6.56. The van der Waals surface area contributed by atoms with Gasteiger partial charge in [0.25, 0.3) is 0 Å². The van der Waals surface area contributed by atoms with Crippen LogP contribution in [0.15, 0.2) is 89.1 Å². The molecule has 1 unspecified atom stereocenters. The number of rotatable bonds is 9. The Bertz CT molecular complexity index is 1610. The monoisotopic (exact) mass is 563 g/mol. The number of nitrogens with zero attached hydrogens (tertiary/aromatic N) is 3. The summed E-state index contributed by atoms with van der Waals surface area (Å²) in [6, 6.07) is 21.7. The predicted molar refractivity (Wildman–Crippen MR) is 152 cm³/mol. The molecule has 0 radical (unpaired) electrons. The van der Waals surface area contributed by atoms with Crippen LogP contribution in [0, 0.1) is 5.82 Å². The lowest BCUT2D eigenvalue weighted by molar-refractivity contribution is -0.139. The fraction of sp³-hybridized carbons (Fsp3) is 0.200. The summed E-state index contributed by atoms with van der Waals surface area (Å²) in [6.45, 7) is 3.00. The minimum Gasteiger partial charge on any atom is -0.487 e. The van der Waals surface area contributed by atoms with E-state index in [0.717, 1.165) is 16.2 Å². The van der Waals surface area contributed by atoms with Crippen molar-refractivity contribution in [3.63, 3.8) is 0 Å². The van der Waals surface area contributed by atoms with Crippen molar-refractivity contribution in [2.24, 2.45) is 4.99 Å².